The SMILES string of the molecule is O=[N+]([O-])C=Cc1ccc(OCc2cccc3ccccc23)c(Br)c1. The van der Waals surface area contributed by atoms with E-state index >= 15 is 0 Å². The van der Waals surface area contributed by atoms with E-state index in [1.165, 1.54) is 16.8 Å². The number of benzene rings is 3. The zero-order chi connectivity index (χ0) is 16.9. The second kappa shape index (κ2) is 7.27. The zero-order valence-corrected chi connectivity index (χ0v) is 14.3. The minimum absolute atomic E-state index is 0.448. The van der Waals surface area contributed by atoms with Crippen molar-refractivity contribution in [2.45, 2.75) is 6.61 Å². The maximum Gasteiger partial charge on any atom is 0.235 e. The van der Waals surface area contributed by atoms with E-state index < -0.39 is 4.92 Å². The molecule has 4 nitrogen and oxygen atoms in total. The molecule has 0 saturated carbocycles. The number of rotatable bonds is 5. The van der Waals surface area contributed by atoms with E-state index in [1.54, 1.807) is 18.2 Å². The fourth-order valence-electron chi connectivity index (χ4n) is 2.46. The predicted octanol–water partition coefficient (Wildman–Crippen LogP) is 5.43. The van der Waals surface area contributed by atoms with Crippen molar-refractivity contribution in [2.24, 2.45) is 0 Å². The van der Waals surface area contributed by atoms with E-state index in [4.69, 9.17) is 4.74 Å². The van der Waals surface area contributed by atoms with Gasteiger partial charge >= 0.3 is 0 Å². The van der Waals surface area contributed by atoms with Crippen molar-refractivity contribution in [3.8, 4) is 5.75 Å². The van der Waals surface area contributed by atoms with Gasteiger partial charge in [-0.25, -0.2) is 0 Å². The Labute approximate surface area is 147 Å². The Hall–Kier alpha value is -2.66. The third-order valence-electron chi connectivity index (χ3n) is 3.61. The zero-order valence-electron chi connectivity index (χ0n) is 12.7. The average molecular weight is 384 g/mol. The lowest BCUT2D eigenvalue weighted by Gasteiger charge is -2.11. The summed E-state index contributed by atoms with van der Waals surface area (Å²) in [5, 5.41) is 12.7. The van der Waals surface area contributed by atoms with Crippen molar-refractivity contribution in [3.05, 3.63) is 92.6 Å². The number of fused-ring (bicyclic) bond motifs is 1. The molecule has 0 aromatic heterocycles. The van der Waals surface area contributed by atoms with Crippen molar-refractivity contribution < 1.29 is 9.66 Å². The molecule has 0 bridgehead atoms. The highest BCUT2D eigenvalue weighted by Gasteiger charge is 2.05. The van der Waals surface area contributed by atoms with Gasteiger partial charge in [0.2, 0.25) is 6.20 Å². The van der Waals surface area contributed by atoms with Crippen LogP contribution in [0.3, 0.4) is 0 Å². The minimum Gasteiger partial charge on any atom is -0.488 e. The van der Waals surface area contributed by atoms with E-state index in [2.05, 4.69) is 34.1 Å². The third kappa shape index (κ3) is 3.81. The van der Waals surface area contributed by atoms with Gasteiger partial charge in [0.25, 0.3) is 0 Å². The summed E-state index contributed by atoms with van der Waals surface area (Å²) in [6, 6.07) is 19.7. The number of ether oxygens (including phenoxy) is 1. The molecule has 3 aromatic rings. The van der Waals surface area contributed by atoms with Gasteiger partial charge in [-0.15, -0.1) is 0 Å². The molecule has 24 heavy (non-hydrogen) atoms. The Bertz CT molecular complexity index is 916. The Morgan fingerprint density at radius 1 is 1.08 bits per heavy atom. The van der Waals surface area contributed by atoms with E-state index in [9.17, 15) is 10.1 Å². The van der Waals surface area contributed by atoms with Crippen LogP contribution in [0.1, 0.15) is 11.1 Å². The first-order valence-electron chi connectivity index (χ1n) is 7.34. The quantitative estimate of drug-likeness (QED) is 0.436. The van der Waals surface area contributed by atoms with Crippen molar-refractivity contribution in [3.63, 3.8) is 0 Å². The summed E-state index contributed by atoms with van der Waals surface area (Å²) in [6.07, 6.45) is 2.36. The first kappa shape index (κ1) is 16.2. The minimum atomic E-state index is -0.487. The lowest BCUT2D eigenvalue weighted by Crippen LogP contribution is -1.97. The van der Waals surface area contributed by atoms with Crippen LogP contribution in [0.25, 0.3) is 16.8 Å². The molecule has 120 valence electrons. The summed E-state index contributed by atoms with van der Waals surface area (Å²) in [6.45, 7) is 0.448. The topological polar surface area (TPSA) is 52.4 Å². The van der Waals surface area contributed by atoms with Crippen LogP contribution in [0.15, 0.2) is 71.3 Å². The molecule has 0 spiro atoms. The van der Waals surface area contributed by atoms with Gasteiger partial charge in [0.15, 0.2) is 0 Å². The Morgan fingerprint density at radius 3 is 2.67 bits per heavy atom. The molecule has 0 N–H and O–H groups in total. The highest BCUT2D eigenvalue weighted by atomic mass is 79.9. The highest BCUT2D eigenvalue weighted by molar-refractivity contribution is 9.10. The summed E-state index contributed by atoms with van der Waals surface area (Å²) in [7, 11) is 0. The molecule has 0 heterocycles. The average Bonchev–Trinajstić information content (AvgIpc) is 2.59. The first-order chi connectivity index (χ1) is 11.6. The normalized spacial score (nSPS) is 11.0. The molecule has 3 aromatic carbocycles. The standard InChI is InChI=1S/C19H14BrNO3/c20-18-12-14(10-11-21(22)23)8-9-19(18)24-13-16-6-3-5-15-4-1-2-7-17(15)16/h1-12H,13H2. The molecule has 3 rings (SSSR count). The van der Waals surface area contributed by atoms with Gasteiger partial charge in [-0.05, 0) is 50.0 Å². The molecule has 0 aliphatic heterocycles. The summed E-state index contributed by atoms with van der Waals surface area (Å²) >= 11 is 3.45. The van der Waals surface area contributed by atoms with Crippen molar-refractivity contribution in [2.75, 3.05) is 0 Å². The molecule has 0 aliphatic rings. The van der Waals surface area contributed by atoms with Crippen LogP contribution >= 0.6 is 15.9 Å². The molecule has 0 radical (unpaired) electrons. The summed E-state index contributed by atoms with van der Waals surface area (Å²) in [5.41, 5.74) is 1.84. The van der Waals surface area contributed by atoms with Gasteiger partial charge in [-0.1, -0.05) is 48.5 Å². The number of hydrogen-bond donors (Lipinski definition) is 0. The van der Waals surface area contributed by atoms with Crippen molar-refractivity contribution in [1.82, 2.24) is 0 Å². The lowest BCUT2D eigenvalue weighted by atomic mass is 10.1. The number of halogens is 1. The molecular formula is C19H14BrNO3. The molecule has 0 aliphatic carbocycles. The number of hydrogen-bond acceptors (Lipinski definition) is 3. The Morgan fingerprint density at radius 2 is 1.88 bits per heavy atom. The maximum absolute atomic E-state index is 10.4. The van der Waals surface area contributed by atoms with Crippen molar-refractivity contribution in [1.29, 1.82) is 0 Å². The van der Waals surface area contributed by atoms with Crippen LogP contribution in [0.5, 0.6) is 5.75 Å². The van der Waals surface area contributed by atoms with Crippen LogP contribution in [-0.2, 0) is 6.61 Å². The van der Waals surface area contributed by atoms with Gasteiger partial charge in [-0.3, -0.25) is 10.1 Å². The number of nitro groups is 1. The lowest BCUT2D eigenvalue weighted by molar-refractivity contribution is -0.400. The Kier molecular flexibility index (Phi) is 4.91. The van der Waals surface area contributed by atoms with Gasteiger partial charge < -0.3 is 4.74 Å². The Balaban J connectivity index is 1.78. The fourth-order valence-corrected chi connectivity index (χ4v) is 2.97. The van der Waals surface area contributed by atoms with Crippen molar-refractivity contribution >= 4 is 32.8 Å². The van der Waals surface area contributed by atoms with Crippen LogP contribution in [0, 0.1) is 10.1 Å². The maximum atomic E-state index is 10.4. The van der Waals surface area contributed by atoms with Gasteiger partial charge in [-0.2, -0.15) is 0 Å². The summed E-state index contributed by atoms with van der Waals surface area (Å²) in [4.78, 5) is 9.89. The van der Waals surface area contributed by atoms with E-state index in [-0.39, 0.29) is 0 Å². The van der Waals surface area contributed by atoms with Crippen LogP contribution in [0.2, 0.25) is 0 Å². The first-order valence-corrected chi connectivity index (χ1v) is 8.13. The van der Waals surface area contributed by atoms with Crippen LogP contribution < -0.4 is 4.74 Å². The van der Waals surface area contributed by atoms with E-state index in [0.29, 0.717) is 12.4 Å². The summed E-state index contributed by atoms with van der Waals surface area (Å²) < 4.78 is 6.66. The molecular weight excluding hydrogens is 370 g/mol. The largest absolute Gasteiger partial charge is 0.488 e. The molecule has 0 fully saturated rings. The monoisotopic (exact) mass is 383 g/mol. The second-order valence-electron chi connectivity index (χ2n) is 5.22. The molecule has 5 heteroatoms. The van der Waals surface area contributed by atoms with E-state index in [1.807, 2.05) is 24.3 Å². The smallest absolute Gasteiger partial charge is 0.235 e. The van der Waals surface area contributed by atoms with Gasteiger partial charge in [0.1, 0.15) is 12.4 Å². The second-order valence-corrected chi connectivity index (χ2v) is 6.07. The molecule has 0 saturated heterocycles. The summed E-state index contributed by atoms with van der Waals surface area (Å²) in [5.74, 6) is 0.696. The highest BCUT2D eigenvalue weighted by Crippen LogP contribution is 2.28. The third-order valence-corrected chi connectivity index (χ3v) is 4.23. The molecule has 0 atom stereocenters. The van der Waals surface area contributed by atoms with Gasteiger partial charge in [0.05, 0.1) is 9.40 Å². The molecule has 0 unspecified atom stereocenters. The van der Waals surface area contributed by atoms with Crippen LogP contribution in [0.4, 0.5) is 0 Å². The number of nitrogens with zero attached hydrogens (tertiary/aromatic N) is 1. The van der Waals surface area contributed by atoms with E-state index in [0.717, 1.165) is 21.8 Å². The predicted molar refractivity (Wildman–Crippen MR) is 98.5 cm³/mol. The fraction of sp³-hybridized carbons (Fsp3) is 0.0526. The molecule has 0 amide bonds. The van der Waals surface area contributed by atoms with Gasteiger partial charge in [0, 0.05) is 6.08 Å². The van der Waals surface area contributed by atoms with Crippen LogP contribution in [-0.4, -0.2) is 4.92 Å².